The van der Waals surface area contributed by atoms with Gasteiger partial charge in [-0.3, -0.25) is 14.9 Å². The molecule has 134 valence electrons. The van der Waals surface area contributed by atoms with Crippen LogP contribution in [0.1, 0.15) is 27.4 Å². The minimum Gasteiger partial charge on any atom is -0.469 e. The first-order chi connectivity index (χ1) is 12.4. The van der Waals surface area contributed by atoms with Gasteiger partial charge in [0.05, 0.1) is 23.9 Å². The second kappa shape index (κ2) is 7.72. The first kappa shape index (κ1) is 18.2. The third-order valence-electron chi connectivity index (χ3n) is 3.69. The van der Waals surface area contributed by atoms with Gasteiger partial charge < -0.3 is 9.73 Å². The summed E-state index contributed by atoms with van der Waals surface area (Å²) in [7, 11) is 0. The van der Waals surface area contributed by atoms with Crippen LogP contribution in [0.3, 0.4) is 0 Å². The molecule has 0 spiro atoms. The van der Waals surface area contributed by atoms with Crippen LogP contribution in [0, 0.1) is 13.8 Å². The number of hydrogen-bond donors (Lipinski definition) is 2. The van der Waals surface area contributed by atoms with E-state index in [4.69, 9.17) is 16.0 Å². The third-order valence-corrected chi connectivity index (χ3v) is 4.73. The number of nitrogens with zero attached hydrogens (tertiary/aromatic N) is 1. The van der Waals surface area contributed by atoms with E-state index in [0.29, 0.717) is 32.9 Å². The lowest BCUT2D eigenvalue weighted by molar-refractivity contribution is -0.115. The van der Waals surface area contributed by atoms with Crippen LogP contribution >= 0.6 is 22.9 Å². The molecule has 0 saturated heterocycles. The van der Waals surface area contributed by atoms with Crippen LogP contribution in [0.5, 0.6) is 0 Å². The van der Waals surface area contributed by atoms with E-state index in [1.54, 1.807) is 30.5 Å². The summed E-state index contributed by atoms with van der Waals surface area (Å²) >= 11 is 7.22. The number of hydrogen-bond acceptors (Lipinski definition) is 5. The molecule has 0 saturated carbocycles. The first-order valence-corrected chi connectivity index (χ1v) is 9.04. The quantitative estimate of drug-likeness (QED) is 0.675. The summed E-state index contributed by atoms with van der Waals surface area (Å²) in [5.41, 5.74) is 2.62. The maximum Gasteiger partial charge on any atom is 0.260 e. The zero-order chi connectivity index (χ0) is 18.7. The smallest absolute Gasteiger partial charge is 0.260 e. The molecule has 3 rings (SSSR count). The van der Waals surface area contributed by atoms with Crippen molar-refractivity contribution in [3.8, 4) is 0 Å². The van der Waals surface area contributed by atoms with Gasteiger partial charge in [-0.25, -0.2) is 4.98 Å². The number of aryl methyl sites for hydroxylation is 2. The second-order valence-corrected chi connectivity index (χ2v) is 6.97. The SMILES string of the molecule is Cc1ccc(Cl)cc1NC(=O)Cc1csc(NC(=O)c2ccoc2C)n1. The van der Waals surface area contributed by atoms with Crippen LogP contribution in [-0.4, -0.2) is 16.8 Å². The second-order valence-electron chi connectivity index (χ2n) is 5.67. The maximum atomic E-state index is 12.2. The van der Waals surface area contributed by atoms with E-state index in [-0.39, 0.29) is 18.2 Å². The Kier molecular flexibility index (Phi) is 5.39. The number of rotatable bonds is 5. The molecule has 0 aliphatic carbocycles. The summed E-state index contributed by atoms with van der Waals surface area (Å²) in [6, 6.07) is 6.91. The average molecular weight is 390 g/mol. The number of nitrogens with one attached hydrogen (secondary N) is 2. The maximum absolute atomic E-state index is 12.2. The van der Waals surface area contributed by atoms with Crippen molar-refractivity contribution in [3.63, 3.8) is 0 Å². The zero-order valence-electron chi connectivity index (χ0n) is 14.1. The Balaban J connectivity index is 1.61. The van der Waals surface area contributed by atoms with Gasteiger partial charge in [-0.05, 0) is 37.6 Å². The normalized spacial score (nSPS) is 10.6. The topological polar surface area (TPSA) is 84.2 Å². The lowest BCUT2D eigenvalue weighted by atomic mass is 10.2. The largest absolute Gasteiger partial charge is 0.469 e. The van der Waals surface area contributed by atoms with Gasteiger partial charge in [0.15, 0.2) is 5.13 Å². The van der Waals surface area contributed by atoms with Gasteiger partial charge >= 0.3 is 0 Å². The summed E-state index contributed by atoms with van der Waals surface area (Å²) in [5, 5.41) is 8.25. The molecule has 0 fully saturated rings. The molecule has 1 aromatic carbocycles. The molecule has 0 bridgehead atoms. The predicted octanol–water partition coefficient (Wildman–Crippen LogP) is 4.44. The van der Waals surface area contributed by atoms with Gasteiger partial charge in [-0.15, -0.1) is 11.3 Å². The van der Waals surface area contributed by atoms with Crippen LogP contribution in [0.2, 0.25) is 5.02 Å². The molecule has 2 heterocycles. The molecule has 8 heteroatoms. The Labute approximate surface area is 159 Å². The summed E-state index contributed by atoms with van der Waals surface area (Å²) in [4.78, 5) is 28.6. The summed E-state index contributed by atoms with van der Waals surface area (Å²) in [6.07, 6.45) is 1.56. The molecule has 2 amide bonds. The first-order valence-electron chi connectivity index (χ1n) is 7.78. The highest BCUT2D eigenvalue weighted by Crippen LogP contribution is 2.21. The molecule has 0 radical (unpaired) electrons. The van der Waals surface area contributed by atoms with Crippen LogP contribution in [-0.2, 0) is 11.2 Å². The number of benzene rings is 1. The van der Waals surface area contributed by atoms with E-state index < -0.39 is 0 Å². The Morgan fingerprint density at radius 3 is 2.77 bits per heavy atom. The van der Waals surface area contributed by atoms with Crippen LogP contribution in [0.15, 0.2) is 40.3 Å². The molecule has 26 heavy (non-hydrogen) atoms. The van der Waals surface area contributed by atoms with Crippen LogP contribution < -0.4 is 10.6 Å². The lowest BCUT2D eigenvalue weighted by Gasteiger charge is -2.08. The standard InChI is InChI=1S/C18H16ClN3O3S/c1-10-3-4-12(19)7-15(10)21-16(23)8-13-9-26-18(20-13)22-17(24)14-5-6-25-11(14)2/h3-7,9H,8H2,1-2H3,(H,21,23)(H,20,22,24). The van der Waals surface area contributed by atoms with E-state index in [1.165, 1.54) is 17.6 Å². The van der Waals surface area contributed by atoms with Gasteiger partial charge in [0, 0.05) is 16.1 Å². The molecule has 0 atom stereocenters. The molecular weight excluding hydrogens is 374 g/mol. The molecule has 2 aromatic heterocycles. The number of furan rings is 1. The average Bonchev–Trinajstić information content (AvgIpc) is 3.19. The molecule has 2 N–H and O–H groups in total. The molecule has 0 aliphatic rings. The molecule has 0 unspecified atom stereocenters. The molecule has 3 aromatic rings. The fourth-order valence-electron chi connectivity index (χ4n) is 2.32. The highest BCUT2D eigenvalue weighted by Gasteiger charge is 2.14. The third kappa shape index (κ3) is 4.30. The van der Waals surface area contributed by atoms with Crippen molar-refractivity contribution in [2.24, 2.45) is 0 Å². The van der Waals surface area contributed by atoms with E-state index in [9.17, 15) is 9.59 Å². The highest BCUT2D eigenvalue weighted by atomic mass is 35.5. The van der Waals surface area contributed by atoms with Crippen molar-refractivity contribution in [2.75, 3.05) is 10.6 Å². The van der Waals surface area contributed by atoms with Crippen molar-refractivity contribution in [3.05, 3.63) is 63.5 Å². The van der Waals surface area contributed by atoms with E-state index in [2.05, 4.69) is 15.6 Å². The minimum atomic E-state index is -0.295. The predicted molar refractivity (Wildman–Crippen MR) is 102 cm³/mol. The van der Waals surface area contributed by atoms with Crippen LogP contribution in [0.25, 0.3) is 0 Å². The molecule has 6 nitrogen and oxygen atoms in total. The van der Waals surface area contributed by atoms with Crippen molar-refractivity contribution < 1.29 is 14.0 Å². The number of thiazole rings is 1. The van der Waals surface area contributed by atoms with Crippen molar-refractivity contribution in [2.45, 2.75) is 20.3 Å². The van der Waals surface area contributed by atoms with E-state index in [1.807, 2.05) is 13.0 Å². The summed E-state index contributed by atoms with van der Waals surface area (Å²) in [5.74, 6) is 0.0379. The Morgan fingerprint density at radius 1 is 1.23 bits per heavy atom. The van der Waals surface area contributed by atoms with Crippen molar-refractivity contribution >= 4 is 45.6 Å². The fourth-order valence-corrected chi connectivity index (χ4v) is 3.20. The number of halogens is 1. The Hall–Kier alpha value is -2.64. The monoisotopic (exact) mass is 389 g/mol. The molecular formula is C18H16ClN3O3S. The van der Waals surface area contributed by atoms with Crippen LogP contribution in [0.4, 0.5) is 10.8 Å². The summed E-state index contributed by atoms with van der Waals surface area (Å²) < 4.78 is 5.12. The number of carbonyl (C=O) groups excluding carboxylic acids is 2. The van der Waals surface area contributed by atoms with Gasteiger partial charge in [0.2, 0.25) is 5.91 Å². The van der Waals surface area contributed by atoms with Gasteiger partial charge in [-0.1, -0.05) is 17.7 Å². The van der Waals surface area contributed by atoms with Crippen molar-refractivity contribution in [1.82, 2.24) is 4.98 Å². The number of anilines is 2. The number of carbonyl (C=O) groups is 2. The number of amides is 2. The lowest BCUT2D eigenvalue weighted by Crippen LogP contribution is -2.16. The van der Waals surface area contributed by atoms with E-state index in [0.717, 1.165) is 5.56 Å². The Bertz CT molecular complexity index is 964. The van der Waals surface area contributed by atoms with Gasteiger partial charge in [-0.2, -0.15) is 0 Å². The summed E-state index contributed by atoms with van der Waals surface area (Å²) in [6.45, 7) is 3.60. The van der Waals surface area contributed by atoms with E-state index >= 15 is 0 Å². The number of aromatic nitrogens is 1. The zero-order valence-corrected chi connectivity index (χ0v) is 15.7. The highest BCUT2D eigenvalue weighted by molar-refractivity contribution is 7.14. The van der Waals surface area contributed by atoms with Crippen molar-refractivity contribution in [1.29, 1.82) is 0 Å². The van der Waals surface area contributed by atoms with Gasteiger partial charge in [0.25, 0.3) is 5.91 Å². The Morgan fingerprint density at radius 2 is 2.04 bits per heavy atom. The molecule has 0 aliphatic heterocycles. The van der Waals surface area contributed by atoms with Gasteiger partial charge in [0.1, 0.15) is 5.76 Å². The fraction of sp³-hybridized carbons (Fsp3) is 0.167. The minimum absolute atomic E-state index is 0.100.